The minimum absolute atomic E-state index is 0.116. The van der Waals surface area contributed by atoms with E-state index in [0.29, 0.717) is 5.75 Å². The molecule has 148 valence electrons. The molecule has 5 heteroatoms. The van der Waals surface area contributed by atoms with Crippen LogP contribution in [0.4, 0.5) is 0 Å². The lowest BCUT2D eigenvalue weighted by Gasteiger charge is -2.08. The Morgan fingerprint density at radius 2 is 1.62 bits per heavy atom. The van der Waals surface area contributed by atoms with Crippen LogP contribution in [0, 0.1) is 13.8 Å². The van der Waals surface area contributed by atoms with Crippen molar-refractivity contribution in [1.82, 2.24) is 5.43 Å². The standard InChI is InChI=1S/C24H23BrN2OS/c1-16-14-23(17(2)13-22(16)25)29-15-24(28)27-26-18(3)19-9-11-21(12-10-19)20-7-5-4-6-8-20/h4-14H,15H2,1-3H3,(H,27,28)/b26-18-. The van der Waals surface area contributed by atoms with Crippen LogP contribution in [0.25, 0.3) is 11.1 Å². The Morgan fingerprint density at radius 3 is 2.31 bits per heavy atom. The van der Waals surface area contributed by atoms with Crippen LogP contribution in [0.15, 0.2) is 81.2 Å². The van der Waals surface area contributed by atoms with Crippen molar-refractivity contribution in [2.75, 3.05) is 5.75 Å². The van der Waals surface area contributed by atoms with Gasteiger partial charge in [0.2, 0.25) is 5.91 Å². The number of halogens is 1. The maximum Gasteiger partial charge on any atom is 0.250 e. The SMILES string of the molecule is C/C(=N/NC(=O)CSc1cc(C)c(Br)cc1C)c1ccc(-c2ccccc2)cc1. The average Bonchev–Trinajstić information content (AvgIpc) is 2.74. The second kappa shape index (κ2) is 9.90. The molecule has 0 radical (unpaired) electrons. The molecular weight excluding hydrogens is 444 g/mol. The Hall–Kier alpha value is -2.37. The molecule has 0 aliphatic rings. The number of benzene rings is 3. The predicted octanol–water partition coefficient (Wildman–Crippen LogP) is 6.37. The maximum absolute atomic E-state index is 12.2. The zero-order valence-corrected chi connectivity index (χ0v) is 19.1. The summed E-state index contributed by atoms with van der Waals surface area (Å²) >= 11 is 5.06. The summed E-state index contributed by atoms with van der Waals surface area (Å²) in [5.41, 5.74) is 9.07. The summed E-state index contributed by atoms with van der Waals surface area (Å²) in [5.74, 6) is 0.210. The molecule has 29 heavy (non-hydrogen) atoms. The number of amides is 1. The highest BCUT2D eigenvalue weighted by molar-refractivity contribution is 9.10. The van der Waals surface area contributed by atoms with Crippen LogP contribution >= 0.6 is 27.7 Å². The van der Waals surface area contributed by atoms with E-state index in [0.717, 1.165) is 37.3 Å². The first kappa shape index (κ1) is 21.3. The summed E-state index contributed by atoms with van der Waals surface area (Å²) < 4.78 is 1.09. The van der Waals surface area contributed by atoms with Gasteiger partial charge in [-0.1, -0.05) is 70.5 Å². The number of carbonyl (C=O) groups is 1. The van der Waals surface area contributed by atoms with Crippen molar-refractivity contribution in [3.05, 3.63) is 87.9 Å². The number of hydrogen-bond donors (Lipinski definition) is 1. The smallest absolute Gasteiger partial charge is 0.250 e. The summed E-state index contributed by atoms with van der Waals surface area (Å²) in [6.45, 7) is 5.99. The van der Waals surface area contributed by atoms with Crippen LogP contribution < -0.4 is 5.43 Å². The number of aryl methyl sites for hydroxylation is 2. The van der Waals surface area contributed by atoms with Gasteiger partial charge in [0.15, 0.2) is 0 Å². The van der Waals surface area contributed by atoms with Gasteiger partial charge in [-0.25, -0.2) is 5.43 Å². The van der Waals surface area contributed by atoms with Crippen molar-refractivity contribution >= 4 is 39.3 Å². The molecule has 0 unspecified atom stereocenters. The molecule has 1 N–H and O–H groups in total. The Kier molecular flexibility index (Phi) is 7.29. The number of thioether (sulfide) groups is 1. The van der Waals surface area contributed by atoms with Gasteiger partial charge in [-0.05, 0) is 60.7 Å². The van der Waals surface area contributed by atoms with Gasteiger partial charge >= 0.3 is 0 Å². The van der Waals surface area contributed by atoms with Crippen LogP contribution in [0.2, 0.25) is 0 Å². The predicted molar refractivity (Wildman–Crippen MR) is 127 cm³/mol. The number of hydrogen-bond acceptors (Lipinski definition) is 3. The van der Waals surface area contributed by atoms with E-state index in [-0.39, 0.29) is 5.91 Å². The second-order valence-corrected chi connectivity index (χ2v) is 8.70. The average molecular weight is 467 g/mol. The first-order valence-electron chi connectivity index (χ1n) is 9.32. The van der Waals surface area contributed by atoms with Gasteiger partial charge < -0.3 is 0 Å². The fourth-order valence-electron chi connectivity index (χ4n) is 2.83. The molecule has 0 spiro atoms. The Morgan fingerprint density at radius 1 is 0.966 bits per heavy atom. The Bertz CT molecular complexity index is 1030. The highest BCUT2D eigenvalue weighted by Gasteiger charge is 2.07. The molecule has 3 aromatic carbocycles. The number of nitrogens with one attached hydrogen (secondary N) is 1. The normalized spacial score (nSPS) is 11.4. The molecule has 0 aromatic heterocycles. The lowest BCUT2D eigenvalue weighted by molar-refractivity contribution is -0.118. The van der Waals surface area contributed by atoms with Gasteiger partial charge in [0.25, 0.3) is 0 Å². The molecule has 1 amide bonds. The van der Waals surface area contributed by atoms with Gasteiger partial charge in [0, 0.05) is 9.37 Å². The van der Waals surface area contributed by atoms with E-state index in [1.807, 2.05) is 51.1 Å². The maximum atomic E-state index is 12.2. The Labute approximate surface area is 184 Å². The van der Waals surface area contributed by atoms with Crippen LogP contribution in [0.3, 0.4) is 0 Å². The van der Waals surface area contributed by atoms with E-state index in [2.05, 4.69) is 62.9 Å². The largest absolute Gasteiger partial charge is 0.272 e. The van der Waals surface area contributed by atoms with E-state index in [1.54, 1.807) is 0 Å². The molecule has 0 heterocycles. The zero-order chi connectivity index (χ0) is 20.8. The van der Waals surface area contributed by atoms with Crippen molar-refractivity contribution in [3.8, 4) is 11.1 Å². The quantitative estimate of drug-likeness (QED) is 0.260. The van der Waals surface area contributed by atoms with Gasteiger partial charge in [-0.2, -0.15) is 5.10 Å². The molecule has 0 aliphatic heterocycles. The van der Waals surface area contributed by atoms with Crippen LogP contribution in [0.5, 0.6) is 0 Å². The van der Waals surface area contributed by atoms with Crippen molar-refractivity contribution in [2.24, 2.45) is 5.10 Å². The molecule has 0 fully saturated rings. The first-order chi connectivity index (χ1) is 13.9. The third-order valence-electron chi connectivity index (χ3n) is 4.57. The van der Waals surface area contributed by atoms with Crippen LogP contribution in [-0.2, 0) is 4.79 Å². The van der Waals surface area contributed by atoms with Gasteiger partial charge in [0.05, 0.1) is 11.5 Å². The van der Waals surface area contributed by atoms with E-state index in [1.165, 1.54) is 17.3 Å². The molecule has 0 saturated carbocycles. The molecule has 3 aromatic rings. The third-order valence-corrected chi connectivity index (χ3v) is 6.58. The van der Waals surface area contributed by atoms with E-state index >= 15 is 0 Å². The number of rotatable bonds is 6. The first-order valence-corrected chi connectivity index (χ1v) is 11.1. The summed E-state index contributed by atoms with van der Waals surface area (Å²) in [7, 11) is 0. The Balaban J connectivity index is 1.58. The van der Waals surface area contributed by atoms with E-state index in [9.17, 15) is 4.79 Å². The van der Waals surface area contributed by atoms with E-state index < -0.39 is 0 Å². The van der Waals surface area contributed by atoms with Crippen molar-refractivity contribution in [3.63, 3.8) is 0 Å². The fourth-order valence-corrected chi connectivity index (χ4v) is 4.19. The second-order valence-electron chi connectivity index (χ2n) is 6.83. The lowest BCUT2D eigenvalue weighted by Crippen LogP contribution is -2.21. The minimum atomic E-state index is -0.116. The van der Waals surface area contributed by atoms with Gasteiger partial charge in [-0.3, -0.25) is 4.79 Å². The highest BCUT2D eigenvalue weighted by Crippen LogP contribution is 2.28. The minimum Gasteiger partial charge on any atom is -0.272 e. The molecule has 0 bridgehead atoms. The number of carbonyl (C=O) groups excluding carboxylic acids is 1. The monoisotopic (exact) mass is 466 g/mol. The van der Waals surface area contributed by atoms with Gasteiger partial charge in [0.1, 0.15) is 0 Å². The summed E-state index contributed by atoms with van der Waals surface area (Å²) in [5, 5.41) is 4.26. The molecule has 3 nitrogen and oxygen atoms in total. The molecule has 0 aliphatic carbocycles. The van der Waals surface area contributed by atoms with Crippen molar-refractivity contribution < 1.29 is 4.79 Å². The number of nitrogens with zero attached hydrogens (tertiary/aromatic N) is 1. The third kappa shape index (κ3) is 5.81. The lowest BCUT2D eigenvalue weighted by atomic mass is 10.0. The molecule has 3 rings (SSSR count). The summed E-state index contributed by atoms with van der Waals surface area (Å²) in [6.07, 6.45) is 0. The van der Waals surface area contributed by atoms with Gasteiger partial charge in [-0.15, -0.1) is 11.8 Å². The molecule has 0 atom stereocenters. The number of hydrazone groups is 1. The van der Waals surface area contributed by atoms with Crippen LogP contribution in [-0.4, -0.2) is 17.4 Å². The molecular formula is C24H23BrN2OS. The van der Waals surface area contributed by atoms with E-state index in [4.69, 9.17) is 0 Å². The zero-order valence-electron chi connectivity index (χ0n) is 16.7. The topological polar surface area (TPSA) is 41.5 Å². The van der Waals surface area contributed by atoms with Crippen molar-refractivity contribution in [1.29, 1.82) is 0 Å². The van der Waals surface area contributed by atoms with Crippen LogP contribution in [0.1, 0.15) is 23.6 Å². The summed E-state index contributed by atoms with van der Waals surface area (Å²) in [6, 6.07) is 22.6. The van der Waals surface area contributed by atoms with Crippen molar-refractivity contribution in [2.45, 2.75) is 25.7 Å². The summed E-state index contributed by atoms with van der Waals surface area (Å²) in [4.78, 5) is 13.3. The fraction of sp³-hybridized carbons (Fsp3) is 0.167. The molecule has 0 saturated heterocycles. The highest BCUT2D eigenvalue weighted by atomic mass is 79.9.